The summed E-state index contributed by atoms with van der Waals surface area (Å²) in [5.41, 5.74) is 7.53. The zero-order valence-electron chi connectivity index (χ0n) is 13.1. The number of rotatable bonds is 4. The molecule has 0 saturated carbocycles. The van der Waals surface area contributed by atoms with Crippen molar-refractivity contribution in [1.29, 1.82) is 0 Å². The Morgan fingerprint density at radius 3 is 2.90 bits per heavy atom. The van der Waals surface area contributed by atoms with Gasteiger partial charge >= 0.3 is 0 Å². The number of nitrogens with two attached hydrogens (primary N) is 1. The topological polar surface area (TPSA) is 58.4 Å². The molecule has 0 aromatic heterocycles. The van der Waals surface area contributed by atoms with Crippen LogP contribution in [0.1, 0.15) is 38.7 Å². The lowest BCUT2D eigenvalue weighted by molar-refractivity contribution is -0.120. The fraction of sp³-hybridized carbons (Fsp3) is 0.588. The van der Waals surface area contributed by atoms with E-state index in [1.54, 1.807) is 0 Å². The number of amides is 1. The van der Waals surface area contributed by atoms with E-state index in [0.717, 1.165) is 30.3 Å². The van der Waals surface area contributed by atoms with Crippen LogP contribution in [-0.4, -0.2) is 29.9 Å². The Bertz CT molecular complexity index is 475. The number of para-hydroxylation sites is 1. The Hall–Kier alpha value is -1.39. The quantitative estimate of drug-likeness (QED) is 0.895. The van der Waals surface area contributed by atoms with Crippen LogP contribution in [0.2, 0.25) is 0 Å². The highest BCUT2D eigenvalue weighted by Gasteiger charge is 2.24. The number of nitrogens with zero attached hydrogens (tertiary/aromatic N) is 1. The van der Waals surface area contributed by atoms with Gasteiger partial charge in [0.05, 0.1) is 6.04 Å². The molecule has 2 unspecified atom stereocenters. The molecule has 1 aliphatic rings. The van der Waals surface area contributed by atoms with Crippen molar-refractivity contribution in [3.8, 4) is 0 Å². The standard InChI is InChI=1S/C17H27N3O/c1-13-6-5-10-20(11-9-13)14(2)17(21)19-16-8-4-3-7-15(16)12-18/h3-4,7-8,13-14H,5-6,9-12,18H2,1-2H3,(H,19,21). The van der Waals surface area contributed by atoms with Gasteiger partial charge in [-0.2, -0.15) is 0 Å². The van der Waals surface area contributed by atoms with Crippen LogP contribution in [0.3, 0.4) is 0 Å². The van der Waals surface area contributed by atoms with Crippen molar-refractivity contribution in [3.63, 3.8) is 0 Å². The van der Waals surface area contributed by atoms with E-state index in [1.165, 1.54) is 19.3 Å². The molecule has 4 heteroatoms. The van der Waals surface area contributed by atoms with Crippen LogP contribution >= 0.6 is 0 Å². The Kier molecular flexibility index (Phi) is 5.76. The van der Waals surface area contributed by atoms with Crippen LogP contribution in [-0.2, 0) is 11.3 Å². The predicted octanol–water partition coefficient (Wildman–Crippen LogP) is 2.59. The number of nitrogens with one attached hydrogen (secondary N) is 1. The predicted molar refractivity (Wildman–Crippen MR) is 87.0 cm³/mol. The van der Waals surface area contributed by atoms with E-state index in [4.69, 9.17) is 5.73 Å². The Morgan fingerprint density at radius 1 is 1.38 bits per heavy atom. The van der Waals surface area contributed by atoms with Gasteiger partial charge in [-0.05, 0) is 56.8 Å². The average molecular weight is 289 g/mol. The van der Waals surface area contributed by atoms with Gasteiger partial charge < -0.3 is 11.1 Å². The molecule has 0 aliphatic carbocycles. The van der Waals surface area contributed by atoms with Crippen molar-refractivity contribution in [3.05, 3.63) is 29.8 Å². The van der Waals surface area contributed by atoms with E-state index < -0.39 is 0 Å². The average Bonchev–Trinajstić information content (AvgIpc) is 2.71. The van der Waals surface area contributed by atoms with Crippen LogP contribution in [0.5, 0.6) is 0 Å². The molecule has 0 radical (unpaired) electrons. The number of anilines is 1. The first kappa shape index (κ1) is 16.0. The molecule has 2 rings (SSSR count). The van der Waals surface area contributed by atoms with Crippen molar-refractivity contribution in [1.82, 2.24) is 4.90 Å². The minimum Gasteiger partial charge on any atom is -0.326 e. The van der Waals surface area contributed by atoms with Gasteiger partial charge in [0.15, 0.2) is 0 Å². The van der Waals surface area contributed by atoms with Crippen LogP contribution in [0, 0.1) is 5.92 Å². The van der Waals surface area contributed by atoms with Gasteiger partial charge in [-0.15, -0.1) is 0 Å². The van der Waals surface area contributed by atoms with Crippen molar-refractivity contribution in [2.45, 2.75) is 45.7 Å². The van der Waals surface area contributed by atoms with E-state index in [-0.39, 0.29) is 11.9 Å². The second kappa shape index (κ2) is 7.57. The van der Waals surface area contributed by atoms with Crippen molar-refractivity contribution in [2.75, 3.05) is 18.4 Å². The molecule has 1 saturated heterocycles. The molecule has 21 heavy (non-hydrogen) atoms. The summed E-state index contributed by atoms with van der Waals surface area (Å²) < 4.78 is 0. The molecule has 116 valence electrons. The van der Waals surface area contributed by atoms with Crippen LogP contribution < -0.4 is 11.1 Å². The third-order valence-corrected chi connectivity index (χ3v) is 4.47. The van der Waals surface area contributed by atoms with E-state index in [9.17, 15) is 4.79 Å². The van der Waals surface area contributed by atoms with Gasteiger partial charge in [0.1, 0.15) is 0 Å². The van der Waals surface area contributed by atoms with Gasteiger partial charge in [0.25, 0.3) is 0 Å². The first-order valence-corrected chi connectivity index (χ1v) is 7.94. The lowest BCUT2D eigenvalue weighted by atomic mass is 10.0. The number of likely N-dealkylation sites (tertiary alicyclic amines) is 1. The van der Waals surface area contributed by atoms with Gasteiger partial charge in [-0.1, -0.05) is 25.1 Å². The van der Waals surface area contributed by atoms with Gasteiger partial charge in [-0.3, -0.25) is 9.69 Å². The monoisotopic (exact) mass is 289 g/mol. The zero-order chi connectivity index (χ0) is 15.2. The molecule has 1 aromatic carbocycles. The van der Waals surface area contributed by atoms with Crippen molar-refractivity contribution >= 4 is 11.6 Å². The summed E-state index contributed by atoms with van der Waals surface area (Å²) in [7, 11) is 0. The second-order valence-electron chi connectivity index (χ2n) is 6.10. The molecule has 1 aromatic rings. The first-order chi connectivity index (χ1) is 10.1. The van der Waals surface area contributed by atoms with Crippen molar-refractivity contribution in [2.24, 2.45) is 11.7 Å². The maximum Gasteiger partial charge on any atom is 0.241 e. The molecule has 0 bridgehead atoms. The number of carbonyl (C=O) groups is 1. The summed E-state index contributed by atoms with van der Waals surface area (Å²) in [5, 5.41) is 3.03. The molecule has 3 N–H and O–H groups in total. The molecular weight excluding hydrogens is 262 g/mol. The third-order valence-electron chi connectivity index (χ3n) is 4.47. The Labute approximate surface area is 127 Å². The maximum absolute atomic E-state index is 12.5. The minimum absolute atomic E-state index is 0.0606. The SMILES string of the molecule is CC1CCCN(C(C)C(=O)Nc2ccccc2CN)CC1. The summed E-state index contributed by atoms with van der Waals surface area (Å²) in [6.45, 7) is 6.75. The summed E-state index contributed by atoms with van der Waals surface area (Å²) in [6.07, 6.45) is 3.62. The van der Waals surface area contributed by atoms with Gasteiger partial charge in [0.2, 0.25) is 5.91 Å². The van der Waals surface area contributed by atoms with Crippen LogP contribution in [0.25, 0.3) is 0 Å². The Balaban J connectivity index is 1.98. The number of carbonyl (C=O) groups excluding carboxylic acids is 1. The highest BCUT2D eigenvalue weighted by atomic mass is 16.2. The fourth-order valence-corrected chi connectivity index (χ4v) is 2.90. The van der Waals surface area contributed by atoms with E-state index in [0.29, 0.717) is 6.54 Å². The molecule has 1 amide bonds. The lowest BCUT2D eigenvalue weighted by Crippen LogP contribution is -2.42. The normalized spacial score (nSPS) is 21.6. The molecule has 4 nitrogen and oxygen atoms in total. The summed E-state index contributed by atoms with van der Waals surface area (Å²) in [6, 6.07) is 7.64. The molecule has 1 aliphatic heterocycles. The summed E-state index contributed by atoms with van der Waals surface area (Å²) in [5.74, 6) is 0.827. The zero-order valence-corrected chi connectivity index (χ0v) is 13.1. The second-order valence-corrected chi connectivity index (χ2v) is 6.10. The smallest absolute Gasteiger partial charge is 0.241 e. The number of hydrogen-bond acceptors (Lipinski definition) is 3. The van der Waals surface area contributed by atoms with E-state index in [2.05, 4.69) is 17.1 Å². The molecule has 1 fully saturated rings. The van der Waals surface area contributed by atoms with Crippen LogP contribution in [0.4, 0.5) is 5.69 Å². The third kappa shape index (κ3) is 4.29. The molecule has 0 spiro atoms. The maximum atomic E-state index is 12.5. The van der Waals surface area contributed by atoms with Gasteiger partial charge in [-0.25, -0.2) is 0 Å². The van der Waals surface area contributed by atoms with Gasteiger partial charge in [0, 0.05) is 12.2 Å². The number of hydrogen-bond donors (Lipinski definition) is 2. The highest BCUT2D eigenvalue weighted by Crippen LogP contribution is 2.19. The largest absolute Gasteiger partial charge is 0.326 e. The van der Waals surface area contributed by atoms with Crippen molar-refractivity contribution < 1.29 is 4.79 Å². The summed E-state index contributed by atoms with van der Waals surface area (Å²) in [4.78, 5) is 14.8. The summed E-state index contributed by atoms with van der Waals surface area (Å²) >= 11 is 0. The molecule has 2 atom stereocenters. The van der Waals surface area contributed by atoms with E-state index >= 15 is 0 Å². The van der Waals surface area contributed by atoms with Crippen LogP contribution in [0.15, 0.2) is 24.3 Å². The van der Waals surface area contributed by atoms with E-state index in [1.807, 2.05) is 31.2 Å². The fourth-order valence-electron chi connectivity index (χ4n) is 2.90. The lowest BCUT2D eigenvalue weighted by Gasteiger charge is -2.27. The molecular formula is C17H27N3O. The first-order valence-electron chi connectivity index (χ1n) is 7.94. The highest BCUT2D eigenvalue weighted by molar-refractivity contribution is 5.95. The number of benzene rings is 1. The Morgan fingerprint density at radius 2 is 2.14 bits per heavy atom. The molecule has 1 heterocycles. The minimum atomic E-state index is -0.0962.